The molecule has 5 nitrogen and oxygen atoms in total. The number of aromatic nitrogens is 1. The lowest BCUT2D eigenvalue weighted by Crippen LogP contribution is -2.23. The van der Waals surface area contributed by atoms with Crippen molar-refractivity contribution in [2.45, 2.75) is 20.4 Å². The monoisotopic (exact) mass is 453 g/mol. The predicted molar refractivity (Wildman–Crippen MR) is 124 cm³/mol. The topological polar surface area (TPSA) is 67.0 Å². The van der Waals surface area contributed by atoms with Crippen molar-refractivity contribution in [3.63, 3.8) is 0 Å². The molecular weight excluding hydrogens is 433 g/mol. The summed E-state index contributed by atoms with van der Waals surface area (Å²) in [6, 6.07) is 16.7. The van der Waals surface area contributed by atoms with Crippen molar-refractivity contribution in [1.82, 2.24) is 9.88 Å². The standard InChI is InChI=1S/C24H21Cl2N3O2/c1-15-11-18(16(2)29(15)22-6-4-5-21(25)23(22)26)12-19(13-27)24(30)28-14-17-7-9-20(31-3)10-8-17/h4-12H,14H2,1-3H3,(H,28,30)/b19-12-. The van der Waals surface area contributed by atoms with Gasteiger partial charge < -0.3 is 14.6 Å². The van der Waals surface area contributed by atoms with Crippen molar-refractivity contribution in [3.8, 4) is 17.5 Å². The molecule has 2 aromatic carbocycles. The zero-order valence-corrected chi connectivity index (χ0v) is 18.9. The van der Waals surface area contributed by atoms with E-state index in [1.54, 1.807) is 19.3 Å². The minimum Gasteiger partial charge on any atom is -0.497 e. The number of ether oxygens (including phenoxy) is 1. The van der Waals surface area contributed by atoms with Crippen molar-refractivity contribution in [2.75, 3.05) is 7.11 Å². The Hall–Kier alpha value is -3.20. The molecule has 0 atom stereocenters. The Morgan fingerprint density at radius 2 is 1.90 bits per heavy atom. The number of hydrogen-bond donors (Lipinski definition) is 1. The minimum absolute atomic E-state index is 0.0194. The highest BCUT2D eigenvalue weighted by Crippen LogP contribution is 2.32. The van der Waals surface area contributed by atoms with Crippen LogP contribution < -0.4 is 10.1 Å². The first kappa shape index (κ1) is 22.5. The minimum atomic E-state index is -0.441. The fraction of sp³-hybridized carbons (Fsp3) is 0.167. The summed E-state index contributed by atoms with van der Waals surface area (Å²) in [7, 11) is 1.60. The van der Waals surface area contributed by atoms with Crippen LogP contribution in [0.25, 0.3) is 11.8 Å². The number of amides is 1. The SMILES string of the molecule is COc1ccc(CNC(=O)/C(C#N)=C\c2cc(C)n(-c3cccc(Cl)c3Cl)c2C)cc1. The van der Waals surface area contributed by atoms with Crippen LogP contribution in [0.1, 0.15) is 22.5 Å². The predicted octanol–water partition coefficient (Wildman–Crippen LogP) is 5.63. The van der Waals surface area contributed by atoms with Gasteiger partial charge in [-0.2, -0.15) is 5.26 Å². The number of carbonyl (C=O) groups is 1. The number of methoxy groups -OCH3 is 1. The van der Waals surface area contributed by atoms with Crippen LogP contribution >= 0.6 is 23.2 Å². The molecule has 0 aliphatic rings. The largest absolute Gasteiger partial charge is 0.497 e. The van der Waals surface area contributed by atoms with Crippen molar-refractivity contribution >= 4 is 35.2 Å². The zero-order chi connectivity index (χ0) is 22.5. The van der Waals surface area contributed by atoms with Crippen LogP contribution in [-0.4, -0.2) is 17.6 Å². The van der Waals surface area contributed by atoms with E-state index in [0.717, 1.165) is 34.0 Å². The smallest absolute Gasteiger partial charge is 0.262 e. The Balaban J connectivity index is 1.84. The first-order valence-corrected chi connectivity index (χ1v) is 10.3. The molecule has 3 rings (SSSR count). The molecule has 1 aromatic heterocycles. The van der Waals surface area contributed by atoms with Gasteiger partial charge in [0.15, 0.2) is 0 Å². The molecular formula is C24H21Cl2N3O2. The molecule has 0 radical (unpaired) electrons. The fourth-order valence-electron chi connectivity index (χ4n) is 3.29. The number of rotatable bonds is 6. The molecule has 0 unspecified atom stereocenters. The lowest BCUT2D eigenvalue weighted by molar-refractivity contribution is -0.117. The number of nitrogens with zero attached hydrogens (tertiary/aromatic N) is 2. The molecule has 0 aliphatic heterocycles. The average Bonchev–Trinajstić information content (AvgIpc) is 3.05. The number of hydrogen-bond acceptors (Lipinski definition) is 3. The molecule has 1 heterocycles. The van der Waals surface area contributed by atoms with E-state index in [0.29, 0.717) is 16.6 Å². The number of aryl methyl sites for hydroxylation is 1. The van der Waals surface area contributed by atoms with Gasteiger partial charge in [-0.15, -0.1) is 0 Å². The third-order valence-corrected chi connectivity index (χ3v) is 5.73. The van der Waals surface area contributed by atoms with Crippen molar-refractivity contribution in [1.29, 1.82) is 5.26 Å². The van der Waals surface area contributed by atoms with Gasteiger partial charge in [0, 0.05) is 17.9 Å². The molecule has 0 saturated carbocycles. The lowest BCUT2D eigenvalue weighted by Gasteiger charge is -2.12. The van der Waals surface area contributed by atoms with Gasteiger partial charge in [-0.3, -0.25) is 4.79 Å². The van der Waals surface area contributed by atoms with Gasteiger partial charge in [0.05, 0.1) is 22.8 Å². The summed E-state index contributed by atoms with van der Waals surface area (Å²) >= 11 is 12.6. The zero-order valence-electron chi connectivity index (χ0n) is 17.4. The maximum Gasteiger partial charge on any atom is 0.262 e. The van der Waals surface area contributed by atoms with E-state index in [4.69, 9.17) is 27.9 Å². The first-order chi connectivity index (χ1) is 14.8. The highest BCUT2D eigenvalue weighted by atomic mass is 35.5. The van der Waals surface area contributed by atoms with Crippen molar-refractivity contribution in [3.05, 3.63) is 86.7 Å². The van der Waals surface area contributed by atoms with Crippen LogP contribution in [0, 0.1) is 25.2 Å². The van der Waals surface area contributed by atoms with Gasteiger partial charge in [-0.05, 0) is 61.4 Å². The van der Waals surface area contributed by atoms with Crippen LogP contribution in [0.5, 0.6) is 5.75 Å². The maximum absolute atomic E-state index is 12.6. The number of benzene rings is 2. The van der Waals surface area contributed by atoms with E-state index in [1.807, 2.05) is 66.9 Å². The summed E-state index contributed by atoms with van der Waals surface area (Å²) in [6.45, 7) is 4.14. The Morgan fingerprint density at radius 3 is 2.55 bits per heavy atom. The van der Waals surface area contributed by atoms with Gasteiger partial charge in [0.1, 0.15) is 17.4 Å². The van der Waals surface area contributed by atoms with Gasteiger partial charge in [-0.25, -0.2) is 0 Å². The second-order valence-electron chi connectivity index (χ2n) is 6.94. The lowest BCUT2D eigenvalue weighted by atomic mass is 10.1. The van der Waals surface area contributed by atoms with Crippen LogP contribution in [0.4, 0.5) is 0 Å². The van der Waals surface area contributed by atoms with Crippen LogP contribution in [0.15, 0.2) is 54.1 Å². The number of nitrogens with one attached hydrogen (secondary N) is 1. The van der Waals surface area contributed by atoms with Gasteiger partial charge >= 0.3 is 0 Å². The maximum atomic E-state index is 12.6. The molecule has 3 aromatic rings. The summed E-state index contributed by atoms with van der Waals surface area (Å²) in [5.74, 6) is 0.298. The molecule has 0 saturated heterocycles. The molecule has 158 valence electrons. The van der Waals surface area contributed by atoms with E-state index in [-0.39, 0.29) is 5.57 Å². The average molecular weight is 454 g/mol. The summed E-state index contributed by atoms with van der Waals surface area (Å²) in [4.78, 5) is 12.6. The van der Waals surface area contributed by atoms with Gasteiger partial charge in [-0.1, -0.05) is 41.4 Å². The van der Waals surface area contributed by atoms with E-state index in [1.165, 1.54) is 0 Å². The second kappa shape index (κ2) is 9.74. The van der Waals surface area contributed by atoms with Crippen LogP contribution in [0.3, 0.4) is 0 Å². The summed E-state index contributed by atoms with van der Waals surface area (Å²) < 4.78 is 7.08. The quantitative estimate of drug-likeness (QED) is 0.388. The molecule has 0 spiro atoms. The van der Waals surface area contributed by atoms with E-state index in [2.05, 4.69) is 5.32 Å². The molecule has 0 aliphatic carbocycles. The molecule has 0 bridgehead atoms. The third kappa shape index (κ3) is 4.93. The van der Waals surface area contributed by atoms with Crippen LogP contribution in [0.2, 0.25) is 10.0 Å². The highest BCUT2D eigenvalue weighted by molar-refractivity contribution is 6.43. The number of nitriles is 1. The van der Waals surface area contributed by atoms with Crippen molar-refractivity contribution in [2.24, 2.45) is 0 Å². The molecule has 7 heteroatoms. The second-order valence-corrected chi connectivity index (χ2v) is 7.72. The van der Waals surface area contributed by atoms with Crippen molar-refractivity contribution < 1.29 is 9.53 Å². The number of halogens is 2. The normalized spacial score (nSPS) is 11.2. The molecule has 1 N–H and O–H groups in total. The Kier molecular flexibility index (Phi) is 7.06. The van der Waals surface area contributed by atoms with E-state index >= 15 is 0 Å². The molecule has 1 amide bonds. The van der Waals surface area contributed by atoms with Gasteiger partial charge in [0.2, 0.25) is 0 Å². The summed E-state index contributed by atoms with van der Waals surface area (Å²) in [6.07, 6.45) is 1.58. The fourth-order valence-corrected chi connectivity index (χ4v) is 3.67. The third-order valence-electron chi connectivity index (χ3n) is 4.92. The molecule has 0 fully saturated rings. The van der Waals surface area contributed by atoms with E-state index in [9.17, 15) is 10.1 Å². The summed E-state index contributed by atoms with van der Waals surface area (Å²) in [5.41, 5.74) is 4.17. The summed E-state index contributed by atoms with van der Waals surface area (Å²) in [5, 5.41) is 13.2. The Morgan fingerprint density at radius 1 is 1.19 bits per heavy atom. The number of carbonyl (C=O) groups excluding carboxylic acids is 1. The van der Waals surface area contributed by atoms with E-state index < -0.39 is 5.91 Å². The highest BCUT2D eigenvalue weighted by Gasteiger charge is 2.16. The molecule has 31 heavy (non-hydrogen) atoms. The first-order valence-electron chi connectivity index (χ1n) is 9.52. The Bertz CT molecular complexity index is 1190. The van der Waals surface area contributed by atoms with Gasteiger partial charge in [0.25, 0.3) is 5.91 Å². The van der Waals surface area contributed by atoms with Crippen LogP contribution in [-0.2, 0) is 11.3 Å². The Labute approximate surface area is 191 Å².